The van der Waals surface area contributed by atoms with Crippen molar-refractivity contribution in [3.8, 4) is 0 Å². The molecular weight excluding hydrogens is 542 g/mol. The lowest BCUT2D eigenvalue weighted by atomic mass is 10.2. The van der Waals surface area contributed by atoms with E-state index in [-0.39, 0.29) is 16.9 Å². The molecular formula is C28H36ClN3O4S2. The Morgan fingerprint density at radius 1 is 1.11 bits per heavy atom. The molecule has 1 amide bonds. The van der Waals surface area contributed by atoms with E-state index < -0.39 is 10.0 Å². The molecule has 38 heavy (non-hydrogen) atoms. The maximum absolute atomic E-state index is 13.8. The zero-order chi connectivity index (χ0) is 27.3. The number of halogens is 1. The molecule has 7 nitrogen and oxygen atoms in total. The highest BCUT2D eigenvalue weighted by Gasteiger charge is 2.29. The van der Waals surface area contributed by atoms with E-state index in [4.69, 9.17) is 21.3 Å². The number of amides is 1. The van der Waals surface area contributed by atoms with Crippen LogP contribution in [-0.4, -0.2) is 56.0 Å². The number of fused-ring (bicyclic) bond motifs is 1. The number of rotatable bonds is 12. The minimum absolute atomic E-state index is 0.0760. The summed E-state index contributed by atoms with van der Waals surface area (Å²) in [6.45, 7) is 8.11. The molecule has 0 radical (unpaired) electrons. The van der Waals surface area contributed by atoms with E-state index in [1.807, 2.05) is 32.9 Å². The molecule has 0 bridgehead atoms. The molecule has 1 unspecified atom stereocenters. The number of benzene rings is 2. The third-order valence-electron chi connectivity index (χ3n) is 6.83. The lowest BCUT2D eigenvalue weighted by molar-refractivity contribution is 0.0917. The topological polar surface area (TPSA) is 79.8 Å². The number of unbranched alkanes of at least 4 members (excludes halogenated alkanes) is 2. The molecule has 0 N–H and O–H groups in total. The van der Waals surface area contributed by atoms with Crippen LogP contribution in [0.4, 0.5) is 5.13 Å². The summed E-state index contributed by atoms with van der Waals surface area (Å²) in [7, 11) is -3.64. The lowest BCUT2D eigenvalue weighted by Gasteiger charge is -2.24. The van der Waals surface area contributed by atoms with E-state index in [1.54, 1.807) is 21.3 Å². The molecule has 1 atom stereocenters. The van der Waals surface area contributed by atoms with E-state index in [9.17, 15) is 13.2 Å². The van der Waals surface area contributed by atoms with Gasteiger partial charge in [-0.15, -0.1) is 0 Å². The summed E-state index contributed by atoms with van der Waals surface area (Å²) in [5.41, 5.74) is 2.17. The van der Waals surface area contributed by atoms with Crippen LogP contribution in [0, 0.1) is 6.92 Å². The van der Waals surface area contributed by atoms with Crippen LogP contribution in [0.1, 0.15) is 68.3 Å². The molecule has 0 saturated carbocycles. The predicted octanol–water partition coefficient (Wildman–Crippen LogP) is 6.67. The summed E-state index contributed by atoms with van der Waals surface area (Å²) in [5.74, 6) is -0.244. The van der Waals surface area contributed by atoms with E-state index in [1.165, 1.54) is 23.5 Å². The van der Waals surface area contributed by atoms with Gasteiger partial charge in [-0.05, 0) is 68.5 Å². The van der Waals surface area contributed by atoms with Gasteiger partial charge in [0.2, 0.25) is 10.0 Å². The zero-order valence-corrected chi connectivity index (χ0v) is 24.7. The number of carbonyl (C=O) groups excluding carboxylic acids is 1. The molecule has 10 heteroatoms. The van der Waals surface area contributed by atoms with Gasteiger partial charge < -0.3 is 4.74 Å². The minimum atomic E-state index is -3.64. The SMILES string of the molecule is CCCCN(CCCC)S(=O)(=O)c1ccc(C(=O)N(CC2CCCO2)c2nc3c(C)ccc(Cl)c3s2)cc1. The van der Waals surface area contributed by atoms with E-state index in [2.05, 4.69) is 0 Å². The minimum Gasteiger partial charge on any atom is -0.376 e. The van der Waals surface area contributed by atoms with Crippen LogP contribution in [-0.2, 0) is 14.8 Å². The fraction of sp³-hybridized carbons (Fsp3) is 0.500. The maximum atomic E-state index is 13.8. The zero-order valence-electron chi connectivity index (χ0n) is 22.3. The monoisotopic (exact) mass is 577 g/mol. The molecule has 1 aromatic heterocycles. The first-order valence-electron chi connectivity index (χ1n) is 13.4. The highest BCUT2D eigenvalue weighted by atomic mass is 35.5. The van der Waals surface area contributed by atoms with Crippen LogP contribution in [0.3, 0.4) is 0 Å². The number of carbonyl (C=O) groups is 1. The number of anilines is 1. The Morgan fingerprint density at radius 2 is 1.79 bits per heavy atom. The van der Waals surface area contributed by atoms with Crippen molar-refractivity contribution >= 4 is 54.2 Å². The third kappa shape index (κ3) is 6.39. The number of sulfonamides is 1. The Kier molecular flexibility index (Phi) is 9.81. The highest BCUT2D eigenvalue weighted by Crippen LogP contribution is 2.36. The van der Waals surface area contributed by atoms with Crippen molar-refractivity contribution < 1.29 is 17.9 Å². The van der Waals surface area contributed by atoms with Gasteiger partial charge in [0.1, 0.15) is 0 Å². The number of aryl methyl sites for hydroxylation is 1. The van der Waals surface area contributed by atoms with Crippen molar-refractivity contribution in [3.05, 3.63) is 52.5 Å². The largest absolute Gasteiger partial charge is 0.376 e. The second-order valence-corrected chi connectivity index (χ2v) is 13.0. The van der Waals surface area contributed by atoms with Crippen molar-refractivity contribution in [2.45, 2.75) is 70.3 Å². The van der Waals surface area contributed by atoms with Crippen LogP contribution in [0.25, 0.3) is 10.2 Å². The second kappa shape index (κ2) is 12.9. The number of thiazole rings is 1. The smallest absolute Gasteiger partial charge is 0.260 e. The van der Waals surface area contributed by atoms with E-state index in [0.717, 1.165) is 54.3 Å². The van der Waals surface area contributed by atoms with E-state index >= 15 is 0 Å². The standard InChI is InChI=1S/C28H36ClN3O4S2/c1-4-6-16-31(17-7-5-2)38(34,35)23-13-11-21(12-14-23)27(33)32(19-22-9-8-18-36-22)28-30-25-20(3)10-15-24(29)26(25)37-28/h10-15,22H,4-9,16-19H2,1-3H3. The molecule has 2 aromatic carbocycles. The summed E-state index contributed by atoms with van der Waals surface area (Å²) in [5, 5.41) is 1.16. The van der Waals surface area contributed by atoms with Gasteiger partial charge in [0.15, 0.2) is 5.13 Å². The normalized spacial score (nSPS) is 16.0. The molecule has 2 heterocycles. The highest BCUT2D eigenvalue weighted by molar-refractivity contribution is 7.89. The Morgan fingerprint density at radius 3 is 2.37 bits per heavy atom. The average Bonchev–Trinajstić information content (AvgIpc) is 3.60. The van der Waals surface area contributed by atoms with Crippen LogP contribution < -0.4 is 4.90 Å². The van der Waals surface area contributed by atoms with Crippen molar-refractivity contribution in [2.75, 3.05) is 31.1 Å². The van der Waals surface area contributed by atoms with Crippen molar-refractivity contribution in [1.82, 2.24) is 9.29 Å². The summed E-state index contributed by atoms with van der Waals surface area (Å²) in [4.78, 5) is 20.4. The van der Waals surface area contributed by atoms with Gasteiger partial charge in [-0.25, -0.2) is 13.4 Å². The molecule has 1 aliphatic rings. The molecule has 1 fully saturated rings. The Labute approximate surface area is 234 Å². The molecule has 4 rings (SSSR count). The fourth-order valence-corrected chi connectivity index (χ4v) is 7.38. The first kappa shape index (κ1) is 29.0. The summed E-state index contributed by atoms with van der Waals surface area (Å²) < 4.78 is 35.0. The van der Waals surface area contributed by atoms with Crippen molar-refractivity contribution in [1.29, 1.82) is 0 Å². The number of nitrogens with zero attached hydrogens (tertiary/aromatic N) is 3. The quantitative estimate of drug-likeness (QED) is 0.240. The van der Waals surface area contributed by atoms with Crippen LogP contribution in [0.2, 0.25) is 5.02 Å². The Bertz CT molecular complexity index is 1310. The van der Waals surface area contributed by atoms with Crippen molar-refractivity contribution in [2.24, 2.45) is 0 Å². The third-order valence-corrected chi connectivity index (χ3v) is 10.3. The maximum Gasteiger partial charge on any atom is 0.260 e. The number of hydrogen-bond donors (Lipinski definition) is 0. The first-order chi connectivity index (χ1) is 18.3. The van der Waals surface area contributed by atoms with Gasteiger partial charge in [0.25, 0.3) is 5.91 Å². The van der Waals surface area contributed by atoms with E-state index in [0.29, 0.717) is 42.0 Å². The molecule has 0 aliphatic carbocycles. The summed E-state index contributed by atoms with van der Waals surface area (Å²) >= 11 is 7.83. The summed E-state index contributed by atoms with van der Waals surface area (Å²) in [6.07, 6.45) is 5.21. The summed E-state index contributed by atoms with van der Waals surface area (Å²) in [6, 6.07) is 10.0. The predicted molar refractivity (Wildman–Crippen MR) is 155 cm³/mol. The van der Waals surface area contributed by atoms with Crippen LogP contribution in [0.15, 0.2) is 41.3 Å². The Balaban J connectivity index is 1.63. The second-order valence-electron chi connectivity index (χ2n) is 9.72. The van der Waals surface area contributed by atoms with Crippen molar-refractivity contribution in [3.63, 3.8) is 0 Å². The van der Waals surface area contributed by atoms with Gasteiger partial charge in [-0.2, -0.15) is 4.31 Å². The van der Waals surface area contributed by atoms with Gasteiger partial charge >= 0.3 is 0 Å². The molecule has 3 aromatic rings. The van der Waals surface area contributed by atoms with Crippen LogP contribution in [0.5, 0.6) is 0 Å². The van der Waals surface area contributed by atoms with Crippen LogP contribution >= 0.6 is 22.9 Å². The lowest BCUT2D eigenvalue weighted by Crippen LogP contribution is -2.37. The average molecular weight is 578 g/mol. The van der Waals surface area contributed by atoms with Gasteiger partial charge in [-0.1, -0.05) is 55.7 Å². The Hall–Kier alpha value is -2.04. The number of hydrogen-bond acceptors (Lipinski definition) is 6. The first-order valence-corrected chi connectivity index (χ1v) is 16.0. The van der Waals surface area contributed by atoms with Gasteiger partial charge in [0.05, 0.1) is 32.8 Å². The molecule has 1 aliphatic heterocycles. The number of aromatic nitrogens is 1. The van der Waals surface area contributed by atoms with Gasteiger partial charge in [-0.3, -0.25) is 9.69 Å². The molecule has 1 saturated heterocycles. The molecule has 206 valence electrons. The number of ether oxygens (including phenoxy) is 1. The van der Waals surface area contributed by atoms with Gasteiger partial charge in [0, 0.05) is 25.3 Å². The molecule has 0 spiro atoms. The fourth-order valence-electron chi connectivity index (χ4n) is 4.54.